The van der Waals surface area contributed by atoms with Gasteiger partial charge in [-0.05, 0) is 20.0 Å². The minimum Gasteiger partial charge on any atom is -0.340 e. The van der Waals surface area contributed by atoms with Gasteiger partial charge in [-0.3, -0.25) is 9.69 Å². The molecule has 0 atom stereocenters. The predicted octanol–water partition coefficient (Wildman–Crippen LogP) is 0.00520. The number of carbonyl (C=O) groups excluding carboxylic acids is 1. The summed E-state index contributed by atoms with van der Waals surface area (Å²) in [5, 5.41) is 3.19. The van der Waals surface area contributed by atoms with Crippen molar-refractivity contribution in [3.8, 4) is 0 Å². The van der Waals surface area contributed by atoms with Gasteiger partial charge in [-0.2, -0.15) is 0 Å². The summed E-state index contributed by atoms with van der Waals surface area (Å²) in [7, 11) is 1.54. The number of likely N-dealkylation sites (N-methyl/N-ethyl adjacent to an activating group) is 1. The summed E-state index contributed by atoms with van der Waals surface area (Å²) in [6.45, 7) is 2.80. The summed E-state index contributed by atoms with van der Waals surface area (Å²) in [4.78, 5) is 14.9. The molecule has 1 N–H and O–H groups in total. The molecule has 0 spiro atoms. The van der Waals surface area contributed by atoms with E-state index in [0.29, 0.717) is 13.1 Å². The average molecular weight is 235 g/mol. The van der Waals surface area contributed by atoms with Crippen LogP contribution in [0.3, 0.4) is 0 Å². The Morgan fingerprint density at radius 1 is 1.44 bits per heavy atom. The van der Waals surface area contributed by atoms with Gasteiger partial charge < -0.3 is 10.2 Å². The fourth-order valence-corrected chi connectivity index (χ4v) is 1.73. The third-order valence-corrected chi connectivity index (χ3v) is 2.55. The van der Waals surface area contributed by atoms with E-state index in [1.807, 2.05) is 0 Å². The molecule has 0 saturated carbocycles. The minimum atomic E-state index is -2.39. The number of nitrogens with one attached hydrogen (secondary N) is 1. The Balaban J connectivity index is 2.32. The lowest BCUT2D eigenvalue weighted by molar-refractivity contribution is -0.132. The molecule has 16 heavy (non-hydrogen) atoms. The first-order chi connectivity index (χ1) is 7.59. The molecule has 1 amide bonds. The highest BCUT2D eigenvalue weighted by Gasteiger charge is 2.18. The maximum absolute atomic E-state index is 12.1. The molecule has 1 aliphatic rings. The Bertz CT molecular complexity index is 218. The molecule has 0 aliphatic carbocycles. The Morgan fingerprint density at radius 2 is 2.19 bits per heavy atom. The Hall–Kier alpha value is -0.750. The second kappa shape index (κ2) is 6.75. The normalized spacial score (nSPS) is 17.9. The monoisotopic (exact) mass is 235 g/mol. The van der Waals surface area contributed by atoms with E-state index < -0.39 is 6.43 Å². The van der Waals surface area contributed by atoms with Crippen molar-refractivity contribution in [1.82, 2.24) is 15.1 Å². The van der Waals surface area contributed by atoms with Crippen molar-refractivity contribution in [3.05, 3.63) is 0 Å². The van der Waals surface area contributed by atoms with E-state index >= 15 is 0 Å². The van der Waals surface area contributed by atoms with E-state index in [2.05, 4.69) is 5.32 Å². The van der Waals surface area contributed by atoms with Gasteiger partial charge in [0.2, 0.25) is 5.91 Å². The first-order valence-corrected chi connectivity index (χ1v) is 5.55. The molecule has 1 aliphatic heterocycles. The first-order valence-electron chi connectivity index (χ1n) is 5.55. The van der Waals surface area contributed by atoms with E-state index in [0.717, 1.165) is 19.5 Å². The van der Waals surface area contributed by atoms with Crippen molar-refractivity contribution in [1.29, 1.82) is 0 Å². The maximum Gasteiger partial charge on any atom is 0.251 e. The number of halogens is 2. The highest BCUT2D eigenvalue weighted by atomic mass is 19.3. The van der Waals surface area contributed by atoms with Crippen molar-refractivity contribution >= 4 is 5.91 Å². The number of nitrogens with zero attached hydrogens (tertiary/aromatic N) is 2. The highest BCUT2D eigenvalue weighted by molar-refractivity contribution is 5.78. The maximum atomic E-state index is 12.1. The van der Waals surface area contributed by atoms with Crippen LogP contribution in [-0.4, -0.2) is 68.4 Å². The van der Waals surface area contributed by atoms with Gasteiger partial charge in [0.1, 0.15) is 0 Å². The molecule has 1 heterocycles. The third-order valence-electron chi connectivity index (χ3n) is 2.55. The summed E-state index contributed by atoms with van der Waals surface area (Å²) in [5.41, 5.74) is 0. The molecule has 1 saturated heterocycles. The quantitative estimate of drug-likeness (QED) is 0.745. The molecule has 94 valence electrons. The van der Waals surface area contributed by atoms with Crippen molar-refractivity contribution in [3.63, 3.8) is 0 Å². The molecule has 0 unspecified atom stereocenters. The number of hydrogen-bond donors (Lipinski definition) is 1. The summed E-state index contributed by atoms with van der Waals surface area (Å²) >= 11 is 0. The Labute approximate surface area is 94.6 Å². The SMILES string of the molecule is CN(CC(=O)N1CCCNCC1)CC(F)F. The van der Waals surface area contributed by atoms with Gasteiger partial charge in [0.05, 0.1) is 13.1 Å². The molecular weight excluding hydrogens is 216 g/mol. The molecule has 6 heteroatoms. The van der Waals surface area contributed by atoms with Crippen molar-refractivity contribution in [2.75, 3.05) is 46.3 Å². The number of amides is 1. The molecule has 0 aromatic heterocycles. The van der Waals surface area contributed by atoms with Gasteiger partial charge in [0.15, 0.2) is 0 Å². The van der Waals surface area contributed by atoms with Crippen molar-refractivity contribution < 1.29 is 13.6 Å². The smallest absolute Gasteiger partial charge is 0.251 e. The van der Waals surface area contributed by atoms with Crippen molar-refractivity contribution in [2.24, 2.45) is 0 Å². The molecule has 0 aromatic carbocycles. The van der Waals surface area contributed by atoms with Gasteiger partial charge in [-0.1, -0.05) is 0 Å². The zero-order valence-electron chi connectivity index (χ0n) is 9.59. The summed E-state index contributed by atoms with van der Waals surface area (Å²) in [6, 6.07) is 0. The lowest BCUT2D eigenvalue weighted by Crippen LogP contribution is -2.41. The van der Waals surface area contributed by atoms with Crippen LogP contribution in [0, 0.1) is 0 Å². The predicted molar refractivity (Wildman–Crippen MR) is 57.6 cm³/mol. The third kappa shape index (κ3) is 4.85. The second-order valence-electron chi connectivity index (χ2n) is 4.07. The van der Waals surface area contributed by atoms with E-state index in [1.165, 1.54) is 4.90 Å². The summed E-state index contributed by atoms with van der Waals surface area (Å²) in [6.07, 6.45) is -1.46. The Kier molecular flexibility index (Phi) is 5.62. The molecule has 0 bridgehead atoms. The Morgan fingerprint density at radius 3 is 2.88 bits per heavy atom. The molecule has 4 nitrogen and oxygen atoms in total. The zero-order chi connectivity index (χ0) is 12.0. The van der Waals surface area contributed by atoms with Gasteiger partial charge in [0.25, 0.3) is 6.43 Å². The van der Waals surface area contributed by atoms with Gasteiger partial charge in [-0.25, -0.2) is 8.78 Å². The topological polar surface area (TPSA) is 35.6 Å². The second-order valence-corrected chi connectivity index (χ2v) is 4.07. The largest absolute Gasteiger partial charge is 0.340 e. The number of carbonyl (C=O) groups is 1. The van der Waals surface area contributed by atoms with E-state index in [1.54, 1.807) is 11.9 Å². The van der Waals surface area contributed by atoms with E-state index in [-0.39, 0.29) is 19.0 Å². The standard InChI is InChI=1S/C10H19F2N3O/c1-14(7-9(11)12)8-10(16)15-5-2-3-13-4-6-15/h9,13H,2-8H2,1H3. The fraction of sp³-hybridized carbons (Fsp3) is 0.900. The van der Waals surface area contributed by atoms with E-state index in [4.69, 9.17) is 0 Å². The van der Waals surface area contributed by atoms with Gasteiger partial charge in [-0.15, -0.1) is 0 Å². The van der Waals surface area contributed by atoms with Crippen LogP contribution >= 0.6 is 0 Å². The van der Waals surface area contributed by atoms with Crippen LogP contribution in [0.2, 0.25) is 0 Å². The van der Waals surface area contributed by atoms with Crippen molar-refractivity contribution in [2.45, 2.75) is 12.8 Å². The number of alkyl halides is 2. The minimum absolute atomic E-state index is 0.0631. The average Bonchev–Trinajstić information content (AvgIpc) is 2.43. The number of hydrogen-bond acceptors (Lipinski definition) is 3. The van der Waals surface area contributed by atoms with Crippen LogP contribution in [-0.2, 0) is 4.79 Å². The lowest BCUT2D eigenvalue weighted by atomic mass is 10.3. The fourth-order valence-electron chi connectivity index (χ4n) is 1.73. The van der Waals surface area contributed by atoms with Crippen LogP contribution in [0.4, 0.5) is 8.78 Å². The van der Waals surface area contributed by atoms with Crippen LogP contribution in [0.25, 0.3) is 0 Å². The van der Waals surface area contributed by atoms with Crippen LogP contribution in [0.1, 0.15) is 6.42 Å². The highest BCUT2D eigenvalue weighted by Crippen LogP contribution is 2.00. The zero-order valence-corrected chi connectivity index (χ0v) is 9.59. The molecule has 1 fully saturated rings. The summed E-state index contributed by atoms with van der Waals surface area (Å²) < 4.78 is 24.1. The van der Waals surface area contributed by atoms with Gasteiger partial charge >= 0.3 is 0 Å². The summed E-state index contributed by atoms with van der Waals surface area (Å²) in [5.74, 6) is -0.0631. The van der Waals surface area contributed by atoms with Crippen LogP contribution in [0.5, 0.6) is 0 Å². The first kappa shape index (κ1) is 13.3. The molecule has 1 rings (SSSR count). The lowest BCUT2D eigenvalue weighted by Gasteiger charge is -2.23. The van der Waals surface area contributed by atoms with E-state index in [9.17, 15) is 13.6 Å². The molecule has 0 aromatic rings. The molecule has 0 radical (unpaired) electrons. The van der Waals surface area contributed by atoms with Crippen LogP contribution in [0.15, 0.2) is 0 Å². The van der Waals surface area contributed by atoms with Crippen LogP contribution < -0.4 is 5.32 Å². The number of rotatable bonds is 4. The van der Waals surface area contributed by atoms with Gasteiger partial charge in [0, 0.05) is 19.6 Å². The molecular formula is C10H19F2N3O.